The SMILES string of the molecule is O=C(O)/C=C/c1cc2cc(F)ccc2n1Cc1cccc(C(F)(F)F)c1. The number of benzene rings is 2. The first-order valence-electron chi connectivity index (χ1n) is 7.60. The van der Waals surface area contributed by atoms with Gasteiger partial charge < -0.3 is 9.67 Å². The van der Waals surface area contributed by atoms with Crippen molar-refractivity contribution in [2.45, 2.75) is 12.7 Å². The Hall–Kier alpha value is -3.09. The molecule has 1 N–H and O–H groups in total. The number of carboxylic acids is 1. The average Bonchev–Trinajstić information content (AvgIpc) is 2.89. The third-order valence-corrected chi connectivity index (χ3v) is 3.89. The highest BCUT2D eigenvalue weighted by Gasteiger charge is 2.30. The van der Waals surface area contributed by atoms with Crippen LogP contribution in [0.1, 0.15) is 16.8 Å². The number of carbonyl (C=O) groups is 1. The number of fused-ring (bicyclic) bond motifs is 1. The molecule has 1 aromatic heterocycles. The number of aromatic nitrogens is 1. The first-order chi connectivity index (χ1) is 12.2. The second kappa shape index (κ2) is 6.67. The third kappa shape index (κ3) is 3.77. The highest BCUT2D eigenvalue weighted by molar-refractivity contribution is 5.88. The van der Waals surface area contributed by atoms with E-state index in [1.54, 1.807) is 16.7 Å². The van der Waals surface area contributed by atoms with Crippen LogP contribution in [-0.2, 0) is 17.5 Å². The van der Waals surface area contributed by atoms with Crippen molar-refractivity contribution in [1.29, 1.82) is 0 Å². The lowest BCUT2D eigenvalue weighted by atomic mass is 10.1. The van der Waals surface area contributed by atoms with Gasteiger partial charge in [-0.05, 0) is 48.0 Å². The summed E-state index contributed by atoms with van der Waals surface area (Å²) in [7, 11) is 0. The Morgan fingerprint density at radius 3 is 2.58 bits per heavy atom. The standard InChI is InChI=1S/C19H13F4NO2/c20-15-4-6-17-13(9-15)10-16(5-7-18(25)26)24(17)11-12-2-1-3-14(8-12)19(21,22)23/h1-10H,11H2,(H,25,26)/b7-5+. The maximum atomic E-state index is 13.5. The van der Waals surface area contributed by atoms with Crippen LogP contribution in [-0.4, -0.2) is 15.6 Å². The maximum absolute atomic E-state index is 13.5. The molecule has 0 amide bonds. The van der Waals surface area contributed by atoms with E-state index in [9.17, 15) is 22.4 Å². The molecule has 3 aromatic rings. The molecule has 0 unspecified atom stereocenters. The number of carboxylic acid groups (broad SMARTS) is 1. The molecule has 134 valence electrons. The van der Waals surface area contributed by atoms with Crippen LogP contribution >= 0.6 is 0 Å². The van der Waals surface area contributed by atoms with Gasteiger partial charge in [-0.25, -0.2) is 9.18 Å². The van der Waals surface area contributed by atoms with Gasteiger partial charge in [0, 0.05) is 29.2 Å². The number of rotatable bonds is 4. The van der Waals surface area contributed by atoms with Crippen LogP contribution in [0.5, 0.6) is 0 Å². The van der Waals surface area contributed by atoms with Crippen LogP contribution in [0, 0.1) is 5.82 Å². The molecule has 0 radical (unpaired) electrons. The monoisotopic (exact) mass is 363 g/mol. The van der Waals surface area contributed by atoms with Crippen LogP contribution < -0.4 is 0 Å². The molecule has 0 aliphatic carbocycles. The quantitative estimate of drug-likeness (QED) is 0.527. The van der Waals surface area contributed by atoms with Crippen molar-refractivity contribution in [3.63, 3.8) is 0 Å². The normalized spacial score (nSPS) is 12.2. The zero-order valence-corrected chi connectivity index (χ0v) is 13.3. The fourth-order valence-electron chi connectivity index (χ4n) is 2.76. The van der Waals surface area contributed by atoms with Crippen molar-refractivity contribution in [2.75, 3.05) is 0 Å². The van der Waals surface area contributed by atoms with Gasteiger partial charge in [-0.2, -0.15) is 13.2 Å². The molecule has 0 aliphatic rings. The number of hydrogen-bond acceptors (Lipinski definition) is 1. The second-order valence-electron chi connectivity index (χ2n) is 5.73. The molecule has 0 atom stereocenters. The lowest BCUT2D eigenvalue weighted by Gasteiger charge is -2.12. The minimum Gasteiger partial charge on any atom is -0.478 e. The van der Waals surface area contributed by atoms with Crippen LogP contribution in [0.4, 0.5) is 17.6 Å². The smallest absolute Gasteiger partial charge is 0.416 e. The molecular formula is C19H13F4NO2. The summed E-state index contributed by atoms with van der Waals surface area (Å²) in [5, 5.41) is 9.35. The van der Waals surface area contributed by atoms with Crippen molar-refractivity contribution < 1.29 is 27.5 Å². The highest BCUT2D eigenvalue weighted by Crippen LogP contribution is 2.30. The van der Waals surface area contributed by atoms with Gasteiger partial charge in [0.15, 0.2) is 0 Å². The molecule has 0 fully saturated rings. The Bertz CT molecular complexity index is 1000. The van der Waals surface area contributed by atoms with Gasteiger partial charge in [0.1, 0.15) is 5.82 Å². The highest BCUT2D eigenvalue weighted by atomic mass is 19.4. The Labute approximate surface area is 145 Å². The Kier molecular flexibility index (Phi) is 4.54. The third-order valence-electron chi connectivity index (χ3n) is 3.89. The van der Waals surface area contributed by atoms with Gasteiger partial charge in [0.2, 0.25) is 0 Å². The lowest BCUT2D eigenvalue weighted by Crippen LogP contribution is -2.07. The van der Waals surface area contributed by atoms with Crippen molar-refractivity contribution in [1.82, 2.24) is 4.57 Å². The summed E-state index contributed by atoms with van der Waals surface area (Å²) >= 11 is 0. The van der Waals surface area contributed by atoms with Gasteiger partial charge in [0.05, 0.1) is 5.56 Å². The van der Waals surface area contributed by atoms with E-state index in [-0.39, 0.29) is 6.54 Å². The molecule has 2 aromatic carbocycles. The first-order valence-corrected chi connectivity index (χ1v) is 7.60. The van der Waals surface area contributed by atoms with Crippen LogP contribution in [0.2, 0.25) is 0 Å². The second-order valence-corrected chi connectivity index (χ2v) is 5.73. The van der Waals surface area contributed by atoms with Gasteiger partial charge in [-0.15, -0.1) is 0 Å². The molecular weight excluding hydrogens is 350 g/mol. The number of nitrogens with zero attached hydrogens (tertiary/aromatic N) is 1. The summed E-state index contributed by atoms with van der Waals surface area (Å²) in [6.45, 7) is 0.0817. The van der Waals surface area contributed by atoms with E-state index in [2.05, 4.69) is 0 Å². The summed E-state index contributed by atoms with van der Waals surface area (Å²) in [6, 6.07) is 10.5. The summed E-state index contributed by atoms with van der Waals surface area (Å²) in [4.78, 5) is 10.8. The predicted molar refractivity (Wildman–Crippen MR) is 89.1 cm³/mol. The van der Waals surface area contributed by atoms with Crippen molar-refractivity contribution in [2.24, 2.45) is 0 Å². The summed E-state index contributed by atoms with van der Waals surface area (Å²) in [6.07, 6.45) is -2.20. The number of hydrogen-bond donors (Lipinski definition) is 1. The summed E-state index contributed by atoms with van der Waals surface area (Å²) in [5.41, 5.74) is 0.672. The molecule has 3 nitrogen and oxygen atoms in total. The minimum absolute atomic E-state index is 0.0817. The first kappa shape index (κ1) is 17.7. The Morgan fingerprint density at radius 1 is 1.12 bits per heavy atom. The molecule has 0 saturated carbocycles. The van der Waals surface area contributed by atoms with Crippen LogP contribution in [0.25, 0.3) is 17.0 Å². The van der Waals surface area contributed by atoms with Crippen LogP contribution in [0.3, 0.4) is 0 Å². The maximum Gasteiger partial charge on any atom is 0.416 e. The molecule has 0 bridgehead atoms. The van der Waals surface area contributed by atoms with E-state index in [1.165, 1.54) is 30.3 Å². The molecule has 3 rings (SSSR count). The zero-order chi connectivity index (χ0) is 18.9. The molecule has 1 heterocycles. The lowest BCUT2D eigenvalue weighted by molar-refractivity contribution is -0.137. The van der Waals surface area contributed by atoms with E-state index in [1.807, 2.05) is 0 Å². The topological polar surface area (TPSA) is 42.2 Å². The molecule has 26 heavy (non-hydrogen) atoms. The predicted octanol–water partition coefficient (Wildman–Crippen LogP) is 4.95. The van der Waals surface area contributed by atoms with Crippen molar-refractivity contribution in [3.05, 3.63) is 77.2 Å². The van der Waals surface area contributed by atoms with Crippen LogP contribution in [0.15, 0.2) is 54.6 Å². The fraction of sp³-hybridized carbons (Fsp3) is 0.105. The van der Waals surface area contributed by atoms with E-state index in [4.69, 9.17) is 5.11 Å². The summed E-state index contributed by atoms with van der Waals surface area (Å²) in [5.74, 6) is -1.62. The van der Waals surface area contributed by atoms with Gasteiger partial charge in [-0.1, -0.05) is 12.1 Å². The Balaban J connectivity index is 2.08. The molecule has 7 heteroatoms. The van der Waals surface area contributed by atoms with Crippen molar-refractivity contribution in [3.8, 4) is 0 Å². The minimum atomic E-state index is -4.45. The molecule has 0 spiro atoms. The van der Waals surface area contributed by atoms with Gasteiger partial charge >= 0.3 is 12.1 Å². The van der Waals surface area contributed by atoms with E-state index < -0.39 is 23.5 Å². The zero-order valence-electron chi connectivity index (χ0n) is 13.3. The van der Waals surface area contributed by atoms with Gasteiger partial charge in [-0.3, -0.25) is 0 Å². The Morgan fingerprint density at radius 2 is 1.88 bits per heavy atom. The van der Waals surface area contributed by atoms with E-state index in [0.29, 0.717) is 22.2 Å². The van der Waals surface area contributed by atoms with Gasteiger partial charge in [0.25, 0.3) is 0 Å². The molecule has 0 saturated heterocycles. The summed E-state index contributed by atoms with van der Waals surface area (Å²) < 4.78 is 53.8. The number of alkyl halides is 3. The largest absolute Gasteiger partial charge is 0.478 e. The molecule has 0 aliphatic heterocycles. The number of halogens is 4. The fourth-order valence-corrected chi connectivity index (χ4v) is 2.76. The van der Waals surface area contributed by atoms with E-state index in [0.717, 1.165) is 18.2 Å². The van der Waals surface area contributed by atoms with Crippen molar-refractivity contribution >= 4 is 22.9 Å². The number of aliphatic carboxylic acids is 1. The average molecular weight is 363 g/mol. The van der Waals surface area contributed by atoms with E-state index >= 15 is 0 Å².